The van der Waals surface area contributed by atoms with Gasteiger partial charge in [-0.2, -0.15) is 5.10 Å². The number of rotatable bonds is 10. The molecule has 0 unspecified atom stereocenters. The first kappa shape index (κ1) is 33.6. The highest BCUT2D eigenvalue weighted by molar-refractivity contribution is 6.04. The molecule has 0 bridgehead atoms. The molecule has 0 radical (unpaired) electrons. The number of benzene rings is 4. The zero-order valence-electron chi connectivity index (χ0n) is 29.3. The monoisotopic (exact) mass is 698 g/mol. The van der Waals surface area contributed by atoms with Crippen LogP contribution in [0.3, 0.4) is 0 Å². The first-order valence-corrected chi connectivity index (χ1v) is 17.9. The Bertz CT molecular complexity index is 2240. The molecule has 1 fully saturated rings. The molecule has 2 aromatic heterocycles. The van der Waals surface area contributed by atoms with Crippen LogP contribution in [-0.4, -0.2) is 64.9 Å². The van der Waals surface area contributed by atoms with Gasteiger partial charge in [0.05, 0.1) is 44.2 Å². The van der Waals surface area contributed by atoms with Gasteiger partial charge in [-0.05, 0) is 54.1 Å². The smallest absolute Gasteiger partial charge is 0.352 e. The molecule has 4 heterocycles. The summed E-state index contributed by atoms with van der Waals surface area (Å²) < 4.78 is 28.0. The number of allylic oxidation sites excluding steroid dienone is 1. The molecule has 10 heteroatoms. The quantitative estimate of drug-likeness (QED) is 0.117. The fraction of sp³-hybridized carbons (Fsp3) is 0.286. The van der Waals surface area contributed by atoms with Crippen molar-refractivity contribution in [2.45, 2.75) is 32.6 Å². The molecule has 0 aliphatic carbocycles. The number of fused-ring (bicyclic) bond motifs is 3. The van der Waals surface area contributed by atoms with Gasteiger partial charge in [-0.3, -0.25) is 4.68 Å². The van der Waals surface area contributed by atoms with E-state index in [-0.39, 0.29) is 6.61 Å². The molecule has 8 rings (SSSR count). The molecule has 0 atom stereocenters. The van der Waals surface area contributed by atoms with E-state index >= 15 is 0 Å². The highest BCUT2D eigenvalue weighted by Crippen LogP contribution is 2.39. The van der Waals surface area contributed by atoms with Gasteiger partial charge in [0.25, 0.3) is 0 Å². The molecule has 0 amide bonds. The van der Waals surface area contributed by atoms with Crippen LogP contribution in [0.1, 0.15) is 33.9 Å². The Hall–Kier alpha value is -5.58. The summed E-state index contributed by atoms with van der Waals surface area (Å²) in [7, 11) is 1.92. The van der Waals surface area contributed by atoms with Crippen molar-refractivity contribution in [1.82, 2.24) is 14.3 Å². The van der Waals surface area contributed by atoms with Crippen LogP contribution < -0.4 is 14.4 Å². The Morgan fingerprint density at radius 3 is 2.52 bits per heavy atom. The largest absolute Gasteiger partial charge is 0.493 e. The predicted octanol–water partition coefficient (Wildman–Crippen LogP) is 7.41. The number of aromatic carboxylic acids is 1. The Labute approximate surface area is 302 Å². The average Bonchev–Trinajstić information content (AvgIpc) is 3.66. The van der Waals surface area contributed by atoms with Gasteiger partial charge in [-0.1, -0.05) is 66.7 Å². The van der Waals surface area contributed by atoms with Crippen LogP contribution in [0.4, 0.5) is 5.69 Å². The summed E-state index contributed by atoms with van der Waals surface area (Å²) in [6.07, 6.45) is 5.12. The van der Waals surface area contributed by atoms with E-state index in [2.05, 4.69) is 41.3 Å². The van der Waals surface area contributed by atoms with Crippen LogP contribution in [-0.2, 0) is 42.7 Å². The second kappa shape index (κ2) is 15.0. The third kappa shape index (κ3) is 6.63. The summed E-state index contributed by atoms with van der Waals surface area (Å²) in [5.41, 5.74) is 6.57. The van der Waals surface area contributed by atoms with E-state index in [0.717, 1.165) is 93.2 Å². The molecule has 4 aromatic carbocycles. The van der Waals surface area contributed by atoms with Crippen LogP contribution in [0.15, 0.2) is 97.1 Å². The molecule has 1 saturated heterocycles. The Morgan fingerprint density at radius 1 is 0.885 bits per heavy atom. The molecular formula is C42H42N4O6. The standard InChI is InChI=1S/C42H42N4O6/c1-44-37-28-50-23-5-4-20-46-40-33(34(41(46)42(47)48)14-8-24-51-38-15-6-10-29-9-2-3-11-32(29)38)12-7-13-35(40)39(37)36(43-44)27-52-31-18-16-30(17-19-31)45-21-25-49-26-22-45/h2-7,9-13,15-19H,8,14,20-28H2,1H3,(H,47,48). The summed E-state index contributed by atoms with van der Waals surface area (Å²) in [6.45, 7) is 5.03. The maximum Gasteiger partial charge on any atom is 0.352 e. The van der Waals surface area contributed by atoms with Crippen LogP contribution in [0.5, 0.6) is 11.5 Å². The van der Waals surface area contributed by atoms with Crippen molar-refractivity contribution in [2.75, 3.05) is 44.4 Å². The number of carbonyl (C=O) groups is 1. The molecule has 0 saturated carbocycles. The summed E-state index contributed by atoms with van der Waals surface area (Å²) >= 11 is 0. The van der Waals surface area contributed by atoms with Crippen LogP contribution >= 0.6 is 0 Å². The Morgan fingerprint density at radius 2 is 1.67 bits per heavy atom. The number of para-hydroxylation sites is 1. The summed E-state index contributed by atoms with van der Waals surface area (Å²) in [6, 6.07) is 28.5. The van der Waals surface area contributed by atoms with Gasteiger partial charge in [-0.25, -0.2) is 4.79 Å². The highest BCUT2D eigenvalue weighted by atomic mass is 16.5. The van der Waals surface area contributed by atoms with Crippen LogP contribution in [0, 0.1) is 0 Å². The molecule has 1 N–H and O–H groups in total. The van der Waals surface area contributed by atoms with Gasteiger partial charge >= 0.3 is 5.97 Å². The second-order valence-electron chi connectivity index (χ2n) is 13.1. The number of anilines is 1. The van der Waals surface area contributed by atoms with E-state index < -0.39 is 5.97 Å². The van der Waals surface area contributed by atoms with Gasteiger partial charge in [0.2, 0.25) is 0 Å². The van der Waals surface area contributed by atoms with Crippen LogP contribution in [0.25, 0.3) is 32.8 Å². The number of morpholine rings is 1. The van der Waals surface area contributed by atoms with Gasteiger partial charge < -0.3 is 33.5 Å². The SMILES string of the molecule is Cn1nc(COc2ccc(N3CCOCC3)cc2)c2c1COCC=CCn1c(C(=O)O)c(CCCOc3cccc4ccccc34)c3cccc-2c31. The zero-order valence-corrected chi connectivity index (χ0v) is 29.3. The van der Waals surface area contributed by atoms with Gasteiger partial charge in [0.15, 0.2) is 0 Å². The van der Waals surface area contributed by atoms with Crippen molar-refractivity contribution in [2.24, 2.45) is 7.05 Å². The van der Waals surface area contributed by atoms with Crippen molar-refractivity contribution in [1.29, 1.82) is 0 Å². The maximum atomic E-state index is 13.1. The minimum absolute atomic E-state index is 0.236. The van der Waals surface area contributed by atoms with Crippen molar-refractivity contribution in [3.63, 3.8) is 0 Å². The molecule has 0 spiro atoms. The lowest BCUT2D eigenvalue weighted by atomic mass is 9.98. The van der Waals surface area contributed by atoms with Gasteiger partial charge in [0, 0.05) is 54.3 Å². The number of carboxylic acid groups (broad SMARTS) is 1. The molecule has 10 nitrogen and oxygen atoms in total. The number of aromatic nitrogens is 3. The first-order chi connectivity index (χ1) is 25.6. The Kier molecular flexibility index (Phi) is 9.65. The predicted molar refractivity (Wildman–Crippen MR) is 201 cm³/mol. The van der Waals surface area contributed by atoms with Crippen molar-refractivity contribution in [3.8, 4) is 22.6 Å². The fourth-order valence-corrected chi connectivity index (χ4v) is 7.51. The second-order valence-corrected chi connectivity index (χ2v) is 13.1. The van der Waals surface area contributed by atoms with Gasteiger partial charge in [-0.15, -0.1) is 0 Å². The fourth-order valence-electron chi connectivity index (χ4n) is 7.51. The lowest BCUT2D eigenvalue weighted by Gasteiger charge is -2.28. The topological polar surface area (TPSA) is 100 Å². The average molecular weight is 699 g/mol. The van der Waals surface area contributed by atoms with Crippen molar-refractivity contribution in [3.05, 3.63) is 120 Å². The number of hydrogen-bond acceptors (Lipinski definition) is 7. The number of hydrogen-bond donors (Lipinski definition) is 1. The Balaban J connectivity index is 1.12. The molecule has 2 aliphatic heterocycles. The van der Waals surface area contributed by atoms with Crippen molar-refractivity contribution >= 4 is 33.3 Å². The van der Waals surface area contributed by atoms with E-state index in [1.807, 2.05) is 77.0 Å². The number of carboxylic acids is 1. The normalized spacial score (nSPS) is 14.7. The molecule has 266 valence electrons. The third-order valence-corrected chi connectivity index (χ3v) is 9.97. The minimum Gasteiger partial charge on any atom is -0.493 e. The number of aryl methyl sites for hydroxylation is 2. The summed E-state index contributed by atoms with van der Waals surface area (Å²) in [5.74, 6) is 0.619. The third-order valence-electron chi connectivity index (χ3n) is 9.97. The minimum atomic E-state index is -0.956. The van der Waals surface area contributed by atoms with Crippen LogP contribution in [0.2, 0.25) is 0 Å². The van der Waals surface area contributed by atoms with E-state index in [1.165, 1.54) is 0 Å². The summed E-state index contributed by atoms with van der Waals surface area (Å²) in [5, 5.41) is 18.7. The molecule has 52 heavy (non-hydrogen) atoms. The molecule has 6 aromatic rings. The lowest BCUT2D eigenvalue weighted by Crippen LogP contribution is -2.36. The van der Waals surface area contributed by atoms with E-state index in [0.29, 0.717) is 44.9 Å². The van der Waals surface area contributed by atoms with E-state index in [1.54, 1.807) is 0 Å². The number of nitrogens with zero attached hydrogens (tertiary/aromatic N) is 4. The maximum absolute atomic E-state index is 13.1. The molecule has 2 aliphatic rings. The van der Waals surface area contributed by atoms with E-state index in [4.69, 9.17) is 24.0 Å². The lowest BCUT2D eigenvalue weighted by molar-refractivity contribution is 0.0685. The first-order valence-electron chi connectivity index (χ1n) is 17.9. The highest BCUT2D eigenvalue weighted by Gasteiger charge is 2.28. The van der Waals surface area contributed by atoms with Crippen molar-refractivity contribution < 1.29 is 28.8 Å². The summed E-state index contributed by atoms with van der Waals surface area (Å²) in [4.78, 5) is 15.4. The number of ether oxygens (including phenoxy) is 4. The van der Waals surface area contributed by atoms with E-state index in [9.17, 15) is 9.90 Å². The van der Waals surface area contributed by atoms with Gasteiger partial charge in [0.1, 0.15) is 29.5 Å². The zero-order chi connectivity index (χ0) is 35.4. The molecular weight excluding hydrogens is 656 g/mol.